The predicted octanol–water partition coefficient (Wildman–Crippen LogP) is 3.74. The highest BCUT2D eigenvalue weighted by Crippen LogP contribution is 2.15. The minimum atomic E-state index is -0.676. The van der Waals surface area contributed by atoms with Crippen LogP contribution in [-0.2, 0) is 27.4 Å². The van der Waals surface area contributed by atoms with Crippen molar-refractivity contribution in [3.63, 3.8) is 0 Å². The molecule has 0 heterocycles. The van der Waals surface area contributed by atoms with Crippen LogP contribution in [0, 0.1) is 0 Å². The van der Waals surface area contributed by atoms with Crippen LogP contribution >= 0.6 is 0 Å². The van der Waals surface area contributed by atoms with Crippen LogP contribution in [-0.4, -0.2) is 30.3 Å². The van der Waals surface area contributed by atoms with Gasteiger partial charge in [0.1, 0.15) is 12.4 Å². The van der Waals surface area contributed by atoms with Crippen molar-refractivity contribution in [1.29, 1.82) is 0 Å². The number of rotatable bonds is 10. The number of Topliss-reactive ketones (excluding diaryl/α,β-unsaturated/α-hetero) is 1. The second-order valence-electron chi connectivity index (χ2n) is 7.30. The number of amides is 1. The van der Waals surface area contributed by atoms with Crippen LogP contribution in [0.3, 0.4) is 0 Å². The smallest absolute Gasteiger partial charge is 0.338 e. The van der Waals surface area contributed by atoms with Crippen molar-refractivity contribution in [3.05, 3.63) is 102 Å². The molecular weight excluding hydrogens is 406 g/mol. The highest BCUT2D eigenvalue weighted by molar-refractivity contribution is 5.92. The van der Waals surface area contributed by atoms with E-state index >= 15 is 0 Å². The fourth-order valence-corrected chi connectivity index (χ4v) is 3.02. The van der Waals surface area contributed by atoms with Crippen molar-refractivity contribution in [2.45, 2.75) is 26.0 Å². The summed E-state index contributed by atoms with van der Waals surface area (Å²) in [6, 6.07) is 25.0. The Morgan fingerprint density at radius 1 is 0.812 bits per heavy atom. The Balaban J connectivity index is 1.46. The van der Waals surface area contributed by atoms with Gasteiger partial charge in [0.2, 0.25) is 0 Å². The second-order valence-corrected chi connectivity index (χ2v) is 7.30. The number of hydrogen-bond donors (Lipinski definition) is 1. The molecule has 32 heavy (non-hydrogen) atoms. The normalized spacial score (nSPS) is 11.3. The molecule has 3 aromatic carbocycles. The molecule has 6 nitrogen and oxygen atoms in total. The Kier molecular flexibility index (Phi) is 8.15. The van der Waals surface area contributed by atoms with Gasteiger partial charge in [0, 0.05) is 0 Å². The third-order valence-corrected chi connectivity index (χ3v) is 4.78. The van der Waals surface area contributed by atoms with Crippen molar-refractivity contribution >= 4 is 17.7 Å². The standard InChI is InChI=1S/C26H25NO5/c1-19(28)24(16-20-8-4-2-5-9-20)27-25(29)18-32-26(30)22-12-14-23(15-13-22)31-17-21-10-6-3-7-11-21/h2-15,24H,16-18H2,1H3,(H,27,29). The van der Waals surface area contributed by atoms with Crippen LogP contribution < -0.4 is 10.1 Å². The molecule has 3 aromatic rings. The lowest BCUT2D eigenvalue weighted by Gasteiger charge is -2.16. The molecule has 0 bridgehead atoms. The van der Waals surface area contributed by atoms with Gasteiger partial charge in [-0.25, -0.2) is 4.79 Å². The SMILES string of the molecule is CC(=O)C(Cc1ccccc1)NC(=O)COC(=O)c1ccc(OCc2ccccc2)cc1. The Morgan fingerprint density at radius 3 is 2.00 bits per heavy atom. The summed E-state index contributed by atoms with van der Waals surface area (Å²) in [4.78, 5) is 36.3. The largest absolute Gasteiger partial charge is 0.489 e. The lowest BCUT2D eigenvalue weighted by Crippen LogP contribution is -2.43. The number of nitrogens with one attached hydrogen (secondary N) is 1. The zero-order chi connectivity index (χ0) is 22.8. The molecule has 0 spiro atoms. The third kappa shape index (κ3) is 7.09. The zero-order valence-electron chi connectivity index (χ0n) is 17.8. The lowest BCUT2D eigenvalue weighted by molar-refractivity contribution is -0.128. The van der Waals surface area contributed by atoms with E-state index in [9.17, 15) is 14.4 Å². The van der Waals surface area contributed by atoms with Crippen LogP contribution in [0.1, 0.15) is 28.4 Å². The van der Waals surface area contributed by atoms with Crippen LogP contribution in [0.15, 0.2) is 84.9 Å². The van der Waals surface area contributed by atoms with Crippen LogP contribution in [0.4, 0.5) is 0 Å². The lowest BCUT2D eigenvalue weighted by atomic mass is 10.0. The van der Waals surface area contributed by atoms with E-state index < -0.39 is 24.5 Å². The Morgan fingerprint density at radius 2 is 1.41 bits per heavy atom. The molecule has 0 radical (unpaired) electrons. The molecule has 1 N–H and O–H groups in total. The average Bonchev–Trinajstić information content (AvgIpc) is 2.82. The number of carbonyl (C=O) groups excluding carboxylic acids is 3. The van der Waals surface area contributed by atoms with E-state index in [1.165, 1.54) is 6.92 Å². The molecule has 0 aliphatic rings. The molecule has 0 aromatic heterocycles. The van der Waals surface area contributed by atoms with E-state index in [-0.39, 0.29) is 5.78 Å². The summed E-state index contributed by atoms with van der Waals surface area (Å²) in [7, 11) is 0. The van der Waals surface area contributed by atoms with Crippen LogP contribution in [0.2, 0.25) is 0 Å². The van der Waals surface area contributed by atoms with E-state index in [4.69, 9.17) is 9.47 Å². The summed E-state index contributed by atoms with van der Waals surface area (Å²) in [5.74, 6) is -0.706. The van der Waals surface area contributed by atoms with Gasteiger partial charge in [0.05, 0.1) is 11.6 Å². The molecule has 164 valence electrons. The molecule has 0 aliphatic carbocycles. The van der Waals surface area contributed by atoms with E-state index in [0.717, 1.165) is 11.1 Å². The first kappa shape index (κ1) is 22.7. The van der Waals surface area contributed by atoms with Crippen LogP contribution in [0.5, 0.6) is 5.75 Å². The minimum absolute atomic E-state index is 0.167. The van der Waals surface area contributed by atoms with Gasteiger partial charge >= 0.3 is 5.97 Å². The topological polar surface area (TPSA) is 81.7 Å². The average molecular weight is 431 g/mol. The highest BCUT2D eigenvalue weighted by Gasteiger charge is 2.19. The number of esters is 1. The molecule has 0 fully saturated rings. The summed E-state index contributed by atoms with van der Waals surface area (Å²) in [5.41, 5.74) is 2.27. The van der Waals surface area contributed by atoms with Crippen molar-refractivity contribution in [1.82, 2.24) is 5.32 Å². The van der Waals surface area contributed by atoms with Gasteiger partial charge in [0.15, 0.2) is 12.4 Å². The van der Waals surface area contributed by atoms with E-state index in [0.29, 0.717) is 24.3 Å². The summed E-state index contributed by atoms with van der Waals surface area (Å²) in [6.07, 6.45) is 0.375. The van der Waals surface area contributed by atoms with Gasteiger partial charge in [-0.2, -0.15) is 0 Å². The fraction of sp³-hybridized carbons (Fsp3) is 0.192. The summed E-state index contributed by atoms with van der Waals surface area (Å²) in [5, 5.41) is 2.63. The third-order valence-electron chi connectivity index (χ3n) is 4.78. The maximum Gasteiger partial charge on any atom is 0.338 e. The first-order valence-corrected chi connectivity index (χ1v) is 10.3. The Bertz CT molecular complexity index is 1030. The number of ether oxygens (including phenoxy) is 2. The molecule has 1 atom stereocenters. The molecule has 6 heteroatoms. The molecule has 0 saturated heterocycles. The number of carbonyl (C=O) groups is 3. The monoisotopic (exact) mass is 431 g/mol. The van der Waals surface area contributed by atoms with Crippen molar-refractivity contribution in [2.24, 2.45) is 0 Å². The van der Waals surface area contributed by atoms with Crippen molar-refractivity contribution in [2.75, 3.05) is 6.61 Å². The maximum atomic E-state index is 12.2. The van der Waals surface area contributed by atoms with E-state index in [2.05, 4.69) is 5.32 Å². The van der Waals surface area contributed by atoms with Gasteiger partial charge in [-0.15, -0.1) is 0 Å². The molecule has 3 rings (SSSR count). The Hall–Kier alpha value is -3.93. The molecule has 0 saturated carbocycles. The van der Waals surface area contributed by atoms with Gasteiger partial charge < -0.3 is 14.8 Å². The van der Waals surface area contributed by atoms with E-state index in [1.807, 2.05) is 60.7 Å². The Labute approximate surface area is 187 Å². The highest BCUT2D eigenvalue weighted by atomic mass is 16.5. The van der Waals surface area contributed by atoms with Crippen molar-refractivity contribution < 1.29 is 23.9 Å². The number of ketones is 1. The first-order valence-electron chi connectivity index (χ1n) is 10.3. The van der Waals surface area contributed by atoms with Gasteiger partial charge in [-0.05, 0) is 48.7 Å². The second kappa shape index (κ2) is 11.5. The number of hydrogen-bond acceptors (Lipinski definition) is 5. The van der Waals surface area contributed by atoms with Crippen molar-refractivity contribution in [3.8, 4) is 5.75 Å². The van der Waals surface area contributed by atoms with Gasteiger partial charge in [0.25, 0.3) is 5.91 Å². The zero-order valence-corrected chi connectivity index (χ0v) is 17.8. The predicted molar refractivity (Wildman–Crippen MR) is 120 cm³/mol. The molecule has 1 unspecified atom stereocenters. The fourth-order valence-electron chi connectivity index (χ4n) is 3.02. The number of benzene rings is 3. The quantitative estimate of drug-likeness (QED) is 0.495. The summed E-state index contributed by atoms with van der Waals surface area (Å²) >= 11 is 0. The van der Waals surface area contributed by atoms with Crippen LogP contribution in [0.25, 0.3) is 0 Å². The molecule has 0 aliphatic heterocycles. The minimum Gasteiger partial charge on any atom is -0.489 e. The summed E-state index contributed by atoms with van der Waals surface area (Å²) in [6.45, 7) is 1.37. The summed E-state index contributed by atoms with van der Waals surface area (Å²) < 4.78 is 10.8. The van der Waals surface area contributed by atoms with Gasteiger partial charge in [-0.3, -0.25) is 9.59 Å². The van der Waals surface area contributed by atoms with E-state index in [1.54, 1.807) is 24.3 Å². The van der Waals surface area contributed by atoms with Gasteiger partial charge in [-0.1, -0.05) is 60.7 Å². The first-order chi connectivity index (χ1) is 15.5. The maximum absolute atomic E-state index is 12.2. The molecular formula is C26H25NO5. The molecule has 1 amide bonds.